The van der Waals surface area contributed by atoms with E-state index < -0.39 is 0 Å². The van der Waals surface area contributed by atoms with Crippen molar-refractivity contribution in [3.05, 3.63) is 0 Å². The lowest BCUT2D eigenvalue weighted by atomic mass is 9.94. The summed E-state index contributed by atoms with van der Waals surface area (Å²) in [5, 5.41) is 3.08. The summed E-state index contributed by atoms with van der Waals surface area (Å²) in [5.41, 5.74) is 6.15. The number of amides is 1. The third-order valence-electron chi connectivity index (χ3n) is 3.98. The maximum absolute atomic E-state index is 11.8. The first-order valence-electron chi connectivity index (χ1n) is 6.98. The largest absolute Gasteiger partial charge is 0.356 e. The average molecular weight is 240 g/mol. The maximum atomic E-state index is 11.8. The molecule has 1 rings (SSSR count). The molecule has 3 N–H and O–H groups in total. The van der Waals surface area contributed by atoms with Crippen LogP contribution in [0, 0.1) is 17.3 Å². The highest BCUT2D eigenvalue weighted by Gasteiger charge is 2.40. The third-order valence-corrected chi connectivity index (χ3v) is 3.98. The van der Waals surface area contributed by atoms with Crippen LogP contribution in [0.25, 0.3) is 0 Å². The Hall–Kier alpha value is -0.570. The molecule has 0 heterocycles. The Labute approximate surface area is 106 Å². The number of carbonyl (C=O) groups excluding carboxylic acids is 1. The normalized spacial score (nSPS) is 19.1. The van der Waals surface area contributed by atoms with E-state index in [0.717, 1.165) is 13.0 Å². The minimum atomic E-state index is 0.181. The summed E-state index contributed by atoms with van der Waals surface area (Å²) in [4.78, 5) is 11.8. The van der Waals surface area contributed by atoms with Crippen molar-refractivity contribution in [2.75, 3.05) is 13.1 Å². The van der Waals surface area contributed by atoms with E-state index in [1.807, 2.05) is 0 Å². The van der Waals surface area contributed by atoms with Crippen LogP contribution in [-0.2, 0) is 4.79 Å². The van der Waals surface area contributed by atoms with E-state index in [4.69, 9.17) is 5.73 Å². The van der Waals surface area contributed by atoms with Crippen molar-refractivity contribution in [2.24, 2.45) is 23.0 Å². The molecule has 0 spiro atoms. The van der Waals surface area contributed by atoms with Gasteiger partial charge < -0.3 is 11.1 Å². The van der Waals surface area contributed by atoms with Gasteiger partial charge in [0.15, 0.2) is 0 Å². The number of hydrogen-bond donors (Lipinski definition) is 2. The Morgan fingerprint density at radius 3 is 2.47 bits per heavy atom. The number of nitrogens with one attached hydrogen (secondary N) is 1. The molecule has 0 aromatic carbocycles. The smallest absolute Gasteiger partial charge is 0.220 e. The lowest BCUT2D eigenvalue weighted by Crippen LogP contribution is -2.33. The first-order valence-corrected chi connectivity index (χ1v) is 6.98. The SMILES string of the molecule is CCC1(CNC(=O)CC(CN)CC(C)C)CC1. The molecule has 1 aliphatic carbocycles. The van der Waals surface area contributed by atoms with Gasteiger partial charge in [-0.1, -0.05) is 20.8 Å². The fourth-order valence-electron chi connectivity index (χ4n) is 2.38. The van der Waals surface area contributed by atoms with Crippen molar-refractivity contribution >= 4 is 5.91 Å². The van der Waals surface area contributed by atoms with Crippen LogP contribution in [0.4, 0.5) is 0 Å². The molecule has 17 heavy (non-hydrogen) atoms. The number of carbonyl (C=O) groups is 1. The second-order valence-electron chi connectivity index (χ2n) is 6.07. The molecule has 0 radical (unpaired) electrons. The standard InChI is InChI=1S/C14H28N2O/c1-4-14(5-6-14)10-16-13(17)8-12(9-15)7-11(2)3/h11-12H,4-10,15H2,1-3H3,(H,16,17). The fraction of sp³-hybridized carbons (Fsp3) is 0.929. The summed E-state index contributed by atoms with van der Waals surface area (Å²) in [6.07, 6.45) is 5.36. The Balaban J connectivity index is 2.23. The van der Waals surface area contributed by atoms with Gasteiger partial charge in [0.1, 0.15) is 0 Å². The van der Waals surface area contributed by atoms with E-state index in [0.29, 0.717) is 30.2 Å². The predicted molar refractivity (Wildman–Crippen MR) is 71.6 cm³/mol. The summed E-state index contributed by atoms with van der Waals surface area (Å²) in [5.74, 6) is 1.13. The van der Waals surface area contributed by atoms with Crippen molar-refractivity contribution in [3.63, 3.8) is 0 Å². The molecule has 1 amide bonds. The summed E-state index contributed by atoms with van der Waals surface area (Å²) in [6, 6.07) is 0. The molecule has 1 saturated carbocycles. The summed E-state index contributed by atoms with van der Waals surface area (Å²) < 4.78 is 0. The molecule has 1 fully saturated rings. The van der Waals surface area contributed by atoms with Crippen LogP contribution in [0.3, 0.4) is 0 Å². The second kappa shape index (κ2) is 6.39. The molecular weight excluding hydrogens is 212 g/mol. The van der Waals surface area contributed by atoms with E-state index in [1.54, 1.807) is 0 Å². The van der Waals surface area contributed by atoms with E-state index in [9.17, 15) is 4.79 Å². The van der Waals surface area contributed by atoms with Crippen molar-refractivity contribution in [3.8, 4) is 0 Å². The van der Waals surface area contributed by atoms with E-state index >= 15 is 0 Å². The maximum Gasteiger partial charge on any atom is 0.220 e. The average Bonchev–Trinajstić information content (AvgIpc) is 3.05. The van der Waals surface area contributed by atoms with E-state index in [-0.39, 0.29) is 5.91 Å². The van der Waals surface area contributed by atoms with Crippen molar-refractivity contribution in [1.29, 1.82) is 0 Å². The zero-order chi connectivity index (χ0) is 12.9. The molecule has 0 saturated heterocycles. The number of nitrogens with two attached hydrogens (primary N) is 1. The van der Waals surface area contributed by atoms with Crippen molar-refractivity contribution < 1.29 is 4.79 Å². The van der Waals surface area contributed by atoms with Crippen LogP contribution in [0.15, 0.2) is 0 Å². The quantitative estimate of drug-likeness (QED) is 0.684. The molecule has 3 nitrogen and oxygen atoms in total. The Bertz CT molecular complexity index is 247. The van der Waals surface area contributed by atoms with Crippen LogP contribution in [-0.4, -0.2) is 19.0 Å². The predicted octanol–water partition coefficient (Wildman–Crippen LogP) is 2.30. The van der Waals surface area contributed by atoms with Crippen molar-refractivity contribution in [1.82, 2.24) is 5.32 Å². The van der Waals surface area contributed by atoms with Gasteiger partial charge in [-0.15, -0.1) is 0 Å². The Kier molecular flexibility index (Phi) is 5.44. The van der Waals surface area contributed by atoms with Gasteiger partial charge in [-0.05, 0) is 49.5 Å². The van der Waals surface area contributed by atoms with E-state index in [2.05, 4.69) is 26.1 Å². The van der Waals surface area contributed by atoms with Gasteiger partial charge in [0.05, 0.1) is 0 Å². The topological polar surface area (TPSA) is 55.1 Å². The minimum absolute atomic E-state index is 0.181. The molecule has 0 aromatic rings. The minimum Gasteiger partial charge on any atom is -0.356 e. The highest BCUT2D eigenvalue weighted by molar-refractivity contribution is 5.76. The highest BCUT2D eigenvalue weighted by Crippen LogP contribution is 2.47. The molecule has 100 valence electrons. The fourth-order valence-corrected chi connectivity index (χ4v) is 2.38. The molecule has 1 atom stereocenters. The van der Waals surface area contributed by atoms with Gasteiger partial charge >= 0.3 is 0 Å². The lowest BCUT2D eigenvalue weighted by Gasteiger charge is -2.18. The summed E-state index contributed by atoms with van der Waals surface area (Å²) >= 11 is 0. The Morgan fingerprint density at radius 2 is 2.06 bits per heavy atom. The monoisotopic (exact) mass is 240 g/mol. The second-order valence-corrected chi connectivity index (χ2v) is 6.07. The van der Waals surface area contributed by atoms with Crippen molar-refractivity contribution in [2.45, 2.75) is 52.9 Å². The molecule has 1 aliphatic rings. The van der Waals surface area contributed by atoms with Crippen LogP contribution < -0.4 is 11.1 Å². The van der Waals surface area contributed by atoms with Gasteiger partial charge in [-0.25, -0.2) is 0 Å². The van der Waals surface area contributed by atoms with Crippen LogP contribution in [0.1, 0.15) is 52.9 Å². The molecule has 0 aliphatic heterocycles. The highest BCUT2D eigenvalue weighted by atomic mass is 16.1. The van der Waals surface area contributed by atoms with Crippen LogP contribution in [0.5, 0.6) is 0 Å². The van der Waals surface area contributed by atoms with Crippen LogP contribution in [0.2, 0.25) is 0 Å². The molecule has 1 unspecified atom stereocenters. The summed E-state index contributed by atoms with van der Waals surface area (Å²) in [7, 11) is 0. The lowest BCUT2D eigenvalue weighted by molar-refractivity contribution is -0.122. The van der Waals surface area contributed by atoms with Crippen LogP contribution >= 0.6 is 0 Å². The first kappa shape index (κ1) is 14.5. The van der Waals surface area contributed by atoms with Gasteiger partial charge in [0.25, 0.3) is 0 Å². The Morgan fingerprint density at radius 1 is 1.41 bits per heavy atom. The first-order chi connectivity index (χ1) is 8.01. The van der Waals surface area contributed by atoms with Gasteiger partial charge in [-0.3, -0.25) is 4.79 Å². The molecular formula is C14H28N2O. The van der Waals surface area contributed by atoms with Gasteiger partial charge in [0, 0.05) is 13.0 Å². The molecule has 3 heteroatoms. The zero-order valence-electron chi connectivity index (χ0n) is 11.6. The number of rotatable bonds is 8. The molecule has 0 aromatic heterocycles. The third kappa shape index (κ3) is 5.07. The molecule has 0 bridgehead atoms. The number of hydrogen-bond acceptors (Lipinski definition) is 2. The van der Waals surface area contributed by atoms with Gasteiger partial charge in [0.2, 0.25) is 5.91 Å². The summed E-state index contributed by atoms with van der Waals surface area (Å²) in [6.45, 7) is 8.04. The van der Waals surface area contributed by atoms with Gasteiger partial charge in [-0.2, -0.15) is 0 Å². The zero-order valence-corrected chi connectivity index (χ0v) is 11.6. The van der Waals surface area contributed by atoms with E-state index in [1.165, 1.54) is 19.3 Å².